The average molecular weight is 345 g/mol. The number of carbonyl (C=O) groups excluding carboxylic acids is 2. The summed E-state index contributed by atoms with van der Waals surface area (Å²) in [6, 6.07) is 0. The molecule has 0 bridgehead atoms. The molecule has 0 aromatic carbocycles. The molecule has 0 aromatic heterocycles. The molecule has 11 heteroatoms. The van der Waals surface area contributed by atoms with Crippen LogP contribution in [0.15, 0.2) is 0 Å². The summed E-state index contributed by atoms with van der Waals surface area (Å²) in [6.45, 7) is 2.42. The van der Waals surface area contributed by atoms with Crippen LogP contribution in [0.1, 0.15) is 13.8 Å². The van der Waals surface area contributed by atoms with Crippen molar-refractivity contribution < 1.29 is 31.2 Å². The summed E-state index contributed by atoms with van der Waals surface area (Å²) in [7, 11) is -1.83. The fourth-order valence-corrected chi connectivity index (χ4v) is 3.13. The zero-order chi connectivity index (χ0) is 17.3. The number of hydrogen-bond donors (Lipinski definition) is 1. The molecule has 0 unspecified atom stereocenters. The molecule has 0 saturated carbocycles. The number of nitrogens with one attached hydrogen (secondary N) is 1. The van der Waals surface area contributed by atoms with Crippen LogP contribution < -0.4 is 5.32 Å². The number of hydrazine groups is 1. The van der Waals surface area contributed by atoms with E-state index in [1.54, 1.807) is 5.32 Å². The second-order valence-corrected chi connectivity index (χ2v) is 7.81. The van der Waals surface area contributed by atoms with Gasteiger partial charge >= 0.3 is 12.1 Å². The van der Waals surface area contributed by atoms with E-state index in [2.05, 4.69) is 0 Å². The van der Waals surface area contributed by atoms with Crippen LogP contribution in [0.3, 0.4) is 0 Å². The normalized spacial score (nSPS) is 19.5. The number of hydrogen-bond acceptors (Lipinski definition) is 5. The van der Waals surface area contributed by atoms with E-state index in [1.165, 1.54) is 12.1 Å². The third-order valence-electron chi connectivity index (χ3n) is 3.26. The first kappa shape index (κ1) is 18.7. The number of amides is 2. The molecular formula is C11H18F3N3O4S. The van der Waals surface area contributed by atoms with E-state index in [0.717, 1.165) is 18.9 Å². The van der Waals surface area contributed by atoms with Gasteiger partial charge < -0.3 is 5.32 Å². The van der Waals surface area contributed by atoms with Crippen molar-refractivity contribution in [2.75, 3.05) is 31.6 Å². The summed E-state index contributed by atoms with van der Waals surface area (Å²) in [5.74, 6) is -3.26. The van der Waals surface area contributed by atoms with E-state index < -0.39 is 33.4 Å². The van der Waals surface area contributed by atoms with Gasteiger partial charge in [-0.25, -0.2) is 13.4 Å². The standard InChI is InChI=1S/C11H18F3N3O4S/c1-10(2,15-8(18)11(12,13)14)9(19)16(3)17-4-6-22(20,21)7-5-17/h4-7H2,1-3H3,(H,15,18). The quantitative estimate of drug-likeness (QED) is 0.749. The predicted octanol–water partition coefficient (Wildman–Crippen LogP) is -0.453. The molecule has 22 heavy (non-hydrogen) atoms. The average Bonchev–Trinajstić information content (AvgIpc) is 2.35. The van der Waals surface area contributed by atoms with Crippen molar-refractivity contribution in [1.82, 2.24) is 15.3 Å². The van der Waals surface area contributed by atoms with Crippen LogP contribution in [-0.4, -0.2) is 73.6 Å². The first-order chi connectivity index (χ1) is 9.76. The summed E-state index contributed by atoms with van der Waals surface area (Å²) < 4.78 is 59.5. The van der Waals surface area contributed by atoms with Gasteiger partial charge in [0.05, 0.1) is 11.5 Å². The van der Waals surface area contributed by atoms with Gasteiger partial charge in [0, 0.05) is 20.1 Å². The number of alkyl halides is 3. The summed E-state index contributed by atoms with van der Waals surface area (Å²) >= 11 is 0. The summed E-state index contributed by atoms with van der Waals surface area (Å²) in [5, 5.41) is 4.10. The van der Waals surface area contributed by atoms with Crippen molar-refractivity contribution in [3.05, 3.63) is 0 Å². The minimum atomic E-state index is -5.09. The molecular weight excluding hydrogens is 327 g/mol. The Kier molecular flexibility index (Phi) is 5.12. The van der Waals surface area contributed by atoms with Gasteiger partial charge in [0.15, 0.2) is 9.84 Å². The molecule has 1 N–H and O–H groups in total. The highest BCUT2D eigenvalue weighted by Crippen LogP contribution is 2.18. The highest BCUT2D eigenvalue weighted by Gasteiger charge is 2.44. The summed E-state index contributed by atoms with van der Waals surface area (Å²) in [6.07, 6.45) is -5.09. The molecule has 128 valence electrons. The fourth-order valence-electron chi connectivity index (χ4n) is 1.94. The van der Waals surface area contributed by atoms with Gasteiger partial charge in [-0.05, 0) is 13.8 Å². The van der Waals surface area contributed by atoms with Gasteiger partial charge in [-0.15, -0.1) is 0 Å². The lowest BCUT2D eigenvalue weighted by Crippen LogP contribution is -2.62. The van der Waals surface area contributed by atoms with Crippen molar-refractivity contribution in [2.24, 2.45) is 0 Å². The largest absolute Gasteiger partial charge is 0.471 e. The Labute approximate surface area is 126 Å². The van der Waals surface area contributed by atoms with Gasteiger partial charge in [-0.2, -0.15) is 13.2 Å². The smallest absolute Gasteiger partial charge is 0.334 e. The third kappa shape index (κ3) is 4.57. The molecule has 7 nitrogen and oxygen atoms in total. The zero-order valence-corrected chi connectivity index (χ0v) is 13.2. The fraction of sp³-hybridized carbons (Fsp3) is 0.818. The molecule has 0 radical (unpaired) electrons. The molecule has 1 aliphatic heterocycles. The van der Waals surface area contributed by atoms with Crippen LogP contribution in [0.2, 0.25) is 0 Å². The Hall–Kier alpha value is -1.36. The van der Waals surface area contributed by atoms with Crippen LogP contribution in [0.25, 0.3) is 0 Å². The van der Waals surface area contributed by atoms with Crippen molar-refractivity contribution in [3.63, 3.8) is 0 Å². The van der Waals surface area contributed by atoms with Crippen LogP contribution in [0.4, 0.5) is 13.2 Å². The maximum Gasteiger partial charge on any atom is 0.471 e. The number of carbonyl (C=O) groups is 2. The minimum absolute atomic E-state index is 0.0634. The highest BCUT2D eigenvalue weighted by atomic mass is 32.2. The van der Waals surface area contributed by atoms with Crippen molar-refractivity contribution >= 4 is 21.7 Å². The third-order valence-corrected chi connectivity index (χ3v) is 4.87. The Bertz CT molecular complexity index is 545. The van der Waals surface area contributed by atoms with Crippen molar-refractivity contribution in [2.45, 2.75) is 25.6 Å². The summed E-state index contributed by atoms with van der Waals surface area (Å²) in [4.78, 5) is 23.2. The highest BCUT2D eigenvalue weighted by molar-refractivity contribution is 7.91. The molecule has 1 aliphatic rings. The molecule has 1 heterocycles. The Balaban J connectivity index is 2.75. The van der Waals surface area contributed by atoms with Crippen LogP contribution in [0.5, 0.6) is 0 Å². The van der Waals surface area contributed by atoms with Gasteiger partial charge in [-0.1, -0.05) is 0 Å². The first-order valence-corrected chi connectivity index (χ1v) is 8.21. The lowest BCUT2D eigenvalue weighted by atomic mass is 10.0. The lowest BCUT2D eigenvalue weighted by Gasteiger charge is -2.38. The zero-order valence-electron chi connectivity index (χ0n) is 12.4. The summed E-state index contributed by atoms with van der Waals surface area (Å²) in [5.41, 5.74) is -1.78. The lowest BCUT2D eigenvalue weighted by molar-refractivity contribution is -0.177. The predicted molar refractivity (Wildman–Crippen MR) is 71.3 cm³/mol. The minimum Gasteiger partial charge on any atom is -0.334 e. The molecule has 0 atom stereocenters. The maximum atomic E-state index is 12.3. The van der Waals surface area contributed by atoms with Gasteiger partial charge in [0.1, 0.15) is 5.54 Å². The Morgan fingerprint density at radius 1 is 1.14 bits per heavy atom. The molecule has 1 fully saturated rings. The van der Waals surface area contributed by atoms with E-state index >= 15 is 0 Å². The van der Waals surface area contributed by atoms with Gasteiger partial charge in [0.25, 0.3) is 5.91 Å². The number of sulfone groups is 1. The Morgan fingerprint density at radius 3 is 2.00 bits per heavy atom. The van der Waals surface area contributed by atoms with Crippen molar-refractivity contribution in [3.8, 4) is 0 Å². The topological polar surface area (TPSA) is 86.8 Å². The molecule has 1 rings (SSSR count). The number of halogens is 3. The van der Waals surface area contributed by atoms with Gasteiger partial charge in [0.2, 0.25) is 0 Å². The maximum absolute atomic E-state index is 12.3. The van der Waals surface area contributed by atoms with Gasteiger partial charge in [-0.3, -0.25) is 14.6 Å². The second kappa shape index (κ2) is 6.03. The second-order valence-electron chi connectivity index (χ2n) is 5.51. The van der Waals surface area contributed by atoms with E-state index in [-0.39, 0.29) is 24.6 Å². The van der Waals surface area contributed by atoms with Crippen LogP contribution in [0, 0.1) is 0 Å². The molecule has 0 aromatic rings. The molecule has 0 aliphatic carbocycles. The number of rotatable bonds is 3. The van der Waals surface area contributed by atoms with E-state index in [0.29, 0.717) is 0 Å². The number of likely N-dealkylation sites (N-methyl/N-ethyl adjacent to an activating group) is 1. The number of nitrogens with zero attached hydrogens (tertiary/aromatic N) is 2. The first-order valence-electron chi connectivity index (χ1n) is 6.39. The van der Waals surface area contributed by atoms with E-state index in [9.17, 15) is 31.2 Å². The molecule has 1 saturated heterocycles. The molecule has 2 amide bonds. The molecule has 0 spiro atoms. The SMILES string of the molecule is CN(C(=O)C(C)(C)NC(=O)C(F)(F)F)N1CCS(=O)(=O)CC1. The van der Waals surface area contributed by atoms with E-state index in [1.807, 2.05) is 0 Å². The van der Waals surface area contributed by atoms with E-state index in [4.69, 9.17) is 0 Å². The Morgan fingerprint density at radius 2 is 1.59 bits per heavy atom. The van der Waals surface area contributed by atoms with Crippen LogP contribution in [-0.2, 0) is 19.4 Å². The van der Waals surface area contributed by atoms with Crippen LogP contribution >= 0.6 is 0 Å². The van der Waals surface area contributed by atoms with Crippen molar-refractivity contribution in [1.29, 1.82) is 0 Å². The monoisotopic (exact) mass is 345 g/mol.